The van der Waals surface area contributed by atoms with E-state index in [-0.39, 0.29) is 41.0 Å². The molecule has 6 heterocycles. The summed E-state index contributed by atoms with van der Waals surface area (Å²) in [5.74, 6) is 1.95. The van der Waals surface area contributed by atoms with Gasteiger partial charge in [0.25, 0.3) is 5.91 Å². The number of aromatic hydroxyl groups is 2. The Bertz CT molecular complexity index is 2990. The van der Waals surface area contributed by atoms with Gasteiger partial charge in [0.1, 0.15) is 22.9 Å². The van der Waals surface area contributed by atoms with Crippen molar-refractivity contribution in [1.29, 1.82) is 0 Å². The number of hydrogen-bond acceptors (Lipinski definition) is 14. The van der Waals surface area contributed by atoms with E-state index in [9.17, 15) is 24.6 Å². The van der Waals surface area contributed by atoms with Crippen LogP contribution in [-0.4, -0.2) is 136 Å². The number of H-pyrrole nitrogens is 1. The summed E-state index contributed by atoms with van der Waals surface area (Å²) in [6.07, 6.45) is 5.19. The van der Waals surface area contributed by atoms with Crippen molar-refractivity contribution in [2.24, 2.45) is 5.92 Å². The first-order chi connectivity index (χ1) is 34.4. The van der Waals surface area contributed by atoms with Gasteiger partial charge in [0, 0.05) is 102 Å². The quantitative estimate of drug-likeness (QED) is 0.103. The van der Waals surface area contributed by atoms with Crippen molar-refractivity contribution in [1.82, 2.24) is 34.5 Å². The Morgan fingerprint density at radius 2 is 1.46 bits per heavy atom. The van der Waals surface area contributed by atoms with Gasteiger partial charge in [0.05, 0.1) is 41.0 Å². The van der Waals surface area contributed by atoms with Crippen molar-refractivity contribution < 1.29 is 24.5 Å². The molecule has 6 aromatic rings. The van der Waals surface area contributed by atoms with Gasteiger partial charge < -0.3 is 44.8 Å². The minimum Gasteiger partial charge on any atom is -0.508 e. The Morgan fingerprint density at radius 3 is 2.18 bits per heavy atom. The summed E-state index contributed by atoms with van der Waals surface area (Å²) in [7, 11) is 3.64. The highest BCUT2D eigenvalue weighted by Crippen LogP contribution is 2.41. The molecule has 0 atom stereocenters. The lowest BCUT2D eigenvalue weighted by molar-refractivity contribution is -0.137. The van der Waals surface area contributed by atoms with E-state index in [1.807, 2.05) is 93.4 Å². The number of likely N-dealkylation sites (tertiary alicyclic amines) is 1. The molecule has 2 aromatic heterocycles. The fourth-order valence-corrected chi connectivity index (χ4v) is 10.7. The number of nitrogens with zero attached hydrogens (tertiary/aromatic N) is 10. The summed E-state index contributed by atoms with van der Waals surface area (Å²) in [6.45, 7) is 13.0. The summed E-state index contributed by atoms with van der Waals surface area (Å²) in [5, 5.41) is 31.2. The Labute approximate surface area is 413 Å². The molecule has 0 radical (unpaired) electrons. The van der Waals surface area contributed by atoms with Gasteiger partial charge in [-0.15, -0.1) is 0 Å². The third-order valence-corrected chi connectivity index (χ3v) is 14.7. The maximum Gasteiger partial charge on any atom is 0.348 e. The summed E-state index contributed by atoms with van der Waals surface area (Å²) < 4.78 is 7.58. The Balaban J connectivity index is 0.704. The van der Waals surface area contributed by atoms with E-state index in [1.54, 1.807) is 24.2 Å². The Kier molecular flexibility index (Phi) is 13.0. The van der Waals surface area contributed by atoms with Crippen LogP contribution >= 0.6 is 0 Å². The zero-order valence-electron chi connectivity index (χ0n) is 41.0. The molecule has 18 nitrogen and oxygen atoms in total. The normalized spacial score (nSPS) is 17.1. The fraction of sp³-hybridized carbons (Fsp3) is 0.396. The molecule has 10 rings (SSSR count). The van der Waals surface area contributed by atoms with E-state index in [1.165, 1.54) is 10.6 Å². The number of phenols is 2. The summed E-state index contributed by atoms with van der Waals surface area (Å²) in [6, 6.07) is 24.9. The molecule has 2 amide bonds. The Morgan fingerprint density at radius 1 is 0.775 bits per heavy atom. The van der Waals surface area contributed by atoms with Crippen LogP contribution in [0.1, 0.15) is 68.3 Å². The molecule has 0 spiro atoms. The van der Waals surface area contributed by atoms with Crippen LogP contribution in [0.4, 0.5) is 40.2 Å². The topological polar surface area (TPSA) is 192 Å². The molecular formula is C53H62N12O6. The molecule has 3 fully saturated rings. The molecule has 4 N–H and O–H groups in total. The number of piperazine rings is 1. The van der Waals surface area contributed by atoms with Crippen LogP contribution in [0.15, 0.2) is 89.9 Å². The standard InChI is InChI=1S/C53H62N12O6/c1-6-71-47-29-38(15-16-42(47)55-52-54-32-44-49(56-52)59(4)43-10-8-7-9-39(43)51(69)60(44)5)61-21-17-34(18-22-61)50(68)64-23-19-36(20-24-64)63-27-25-62(26-28-63)35-11-13-37(14-12-35)65-48(57-58-53(65)70)41-30-40(33(2)3)45(66)31-46(41)67/h7-16,29-34,36,66-67H,6,17-28H2,1-5H3,(H,58,70)(H,54,55,56). The van der Waals surface area contributed by atoms with Crippen LogP contribution in [0.5, 0.6) is 17.2 Å². The van der Waals surface area contributed by atoms with Gasteiger partial charge in [-0.25, -0.2) is 19.4 Å². The SMILES string of the molecule is CCOc1cc(N2CCC(C(=O)N3CCC(N4CCN(c5ccc(-n6c(-c7cc(C(C)C)c(O)cc7O)n[nH]c6=O)cc5)CC4)CC3)CC2)ccc1Nc1ncc2c(n1)N(C)c1ccccc1C(=O)N2C. The second-order valence-corrected chi connectivity index (χ2v) is 19.2. The van der Waals surface area contributed by atoms with Crippen molar-refractivity contribution in [3.8, 4) is 34.3 Å². The van der Waals surface area contributed by atoms with Crippen LogP contribution in [0.25, 0.3) is 17.1 Å². The average Bonchev–Trinajstić information content (AvgIpc) is 3.75. The van der Waals surface area contributed by atoms with Gasteiger partial charge in [-0.2, -0.15) is 10.1 Å². The van der Waals surface area contributed by atoms with E-state index >= 15 is 0 Å². The highest BCUT2D eigenvalue weighted by atomic mass is 16.5. The number of aromatic amines is 1. The fourth-order valence-electron chi connectivity index (χ4n) is 10.7. The van der Waals surface area contributed by atoms with E-state index in [0.29, 0.717) is 58.2 Å². The summed E-state index contributed by atoms with van der Waals surface area (Å²) in [4.78, 5) is 62.5. The summed E-state index contributed by atoms with van der Waals surface area (Å²) >= 11 is 0. The maximum atomic E-state index is 13.9. The average molecular weight is 963 g/mol. The smallest absolute Gasteiger partial charge is 0.348 e. The Hall–Kier alpha value is -7.60. The second kappa shape index (κ2) is 19.7. The number of fused-ring (bicyclic) bond motifs is 2. The molecule has 0 unspecified atom stereocenters. The first kappa shape index (κ1) is 47.1. The number of para-hydroxylation sites is 1. The number of nitrogens with one attached hydrogen (secondary N) is 2. The van der Waals surface area contributed by atoms with E-state index in [2.05, 4.69) is 46.2 Å². The number of ether oxygens (including phenoxy) is 1. The van der Waals surface area contributed by atoms with Crippen molar-refractivity contribution >= 4 is 52.0 Å². The number of phenolic OH excluding ortho intramolecular Hbond substituents is 2. The minimum atomic E-state index is -0.423. The lowest BCUT2D eigenvalue weighted by atomic mass is 9.93. The van der Waals surface area contributed by atoms with E-state index < -0.39 is 5.69 Å². The first-order valence-corrected chi connectivity index (χ1v) is 24.7. The number of benzene rings is 4. The van der Waals surface area contributed by atoms with E-state index in [0.717, 1.165) is 101 Å². The van der Waals surface area contributed by atoms with Gasteiger partial charge in [-0.3, -0.25) is 14.5 Å². The minimum absolute atomic E-state index is 0.00203. The van der Waals surface area contributed by atoms with Gasteiger partial charge >= 0.3 is 5.69 Å². The molecule has 71 heavy (non-hydrogen) atoms. The number of anilines is 7. The van der Waals surface area contributed by atoms with E-state index in [4.69, 9.17) is 9.72 Å². The van der Waals surface area contributed by atoms with Crippen LogP contribution in [-0.2, 0) is 4.79 Å². The number of aromatic nitrogens is 5. The van der Waals surface area contributed by atoms with Crippen LogP contribution in [0, 0.1) is 5.92 Å². The van der Waals surface area contributed by atoms with Crippen LogP contribution in [0.2, 0.25) is 0 Å². The molecule has 4 aliphatic heterocycles. The largest absolute Gasteiger partial charge is 0.508 e. The number of carbonyl (C=O) groups excluding carboxylic acids is 2. The highest BCUT2D eigenvalue weighted by Gasteiger charge is 2.34. The molecule has 18 heteroatoms. The van der Waals surface area contributed by atoms with Crippen molar-refractivity contribution in [3.05, 3.63) is 107 Å². The van der Waals surface area contributed by atoms with Gasteiger partial charge in [-0.05, 0) is 98.7 Å². The van der Waals surface area contributed by atoms with Crippen LogP contribution in [0.3, 0.4) is 0 Å². The van der Waals surface area contributed by atoms with Gasteiger partial charge in [0.15, 0.2) is 11.6 Å². The van der Waals surface area contributed by atoms with Gasteiger partial charge in [0.2, 0.25) is 11.9 Å². The molecule has 370 valence electrons. The van der Waals surface area contributed by atoms with Crippen molar-refractivity contribution in [2.45, 2.75) is 58.4 Å². The number of rotatable bonds is 11. The monoisotopic (exact) mass is 962 g/mol. The number of amides is 2. The van der Waals surface area contributed by atoms with Crippen LogP contribution < -0.4 is 35.3 Å². The number of carbonyl (C=O) groups is 2. The molecular weight excluding hydrogens is 901 g/mol. The maximum absolute atomic E-state index is 13.9. The molecule has 4 aliphatic rings. The third-order valence-electron chi connectivity index (χ3n) is 14.7. The lowest BCUT2D eigenvalue weighted by Gasteiger charge is -2.44. The molecule has 4 aromatic carbocycles. The molecule has 3 saturated heterocycles. The zero-order chi connectivity index (χ0) is 49.5. The first-order valence-electron chi connectivity index (χ1n) is 24.7. The number of piperidine rings is 2. The predicted molar refractivity (Wildman–Crippen MR) is 276 cm³/mol. The summed E-state index contributed by atoms with van der Waals surface area (Å²) in [5.41, 5.74) is 6.02. The zero-order valence-corrected chi connectivity index (χ0v) is 41.0. The second-order valence-electron chi connectivity index (χ2n) is 19.2. The lowest BCUT2D eigenvalue weighted by Crippen LogP contribution is -2.54. The third kappa shape index (κ3) is 9.19. The van der Waals surface area contributed by atoms with Crippen molar-refractivity contribution in [2.75, 3.05) is 98.0 Å². The predicted octanol–water partition coefficient (Wildman–Crippen LogP) is 7.08. The van der Waals surface area contributed by atoms with Crippen molar-refractivity contribution in [3.63, 3.8) is 0 Å². The number of hydrogen-bond donors (Lipinski definition) is 4. The van der Waals surface area contributed by atoms with Gasteiger partial charge in [-0.1, -0.05) is 26.0 Å². The highest BCUT2D eigenvalue weighted by molar-refractivity contribution is 6.13. The molecule has 0 bridgehead atoms. The molecule has 0 aliphatic carbocycles. The molecule has 0 saturated carbocycles.